The molecule has 0 saturated heterocycles. The Morgan fingerprint density at radius 3 is 3.07 bits per heavy atom. The number of aromatic nitrogens is 2. The molecule has 1 N–H and O–H groups in total. The molecule has 0 spiro atoms. The zero-order valence-electron chi connectivity index (χ0n) is 8.14. The quantitative estimate of drug-likeness (QED) is 0.442. The lowest BCUT2D eigenvalue weighted by Gasteiger charge is -2.04. The number of nitro groups is 1. The van der Waals surface area contributed by atoms with Gasteiger partial charge in [0.25, 0.3) is 5.88 Å². The van der Waals surface area contributed by atoms with Gasteiger partial charge in [-0.3, -0.25) is 10.1 Å². The lowest BCUT2D eigenvalue weighted by Crippen LogP contribution is -2.04. The first kappa shape index (κ1) is 10.9. The third kappa shape index (κ3) is 2.63. The van der Waals surface area contributed by atoms with E-state index in [-0.39, 0.29) is 24.1 Å². The third-order valence-corrected chi connectivity index (χ3v) is 1.49. The standard InChI is InChI=1S/C8H10N4O3/c1-3-4-15-7-6(12(13)14)5-10-8(9-2)11-7/h3,5H,1,4H2,2H3,(H,9,10,11). The molecule has 0 fully saturated rings. The number of hydrogen-bond donors (Lipinski definition) is 1. The van der Waals surface area contributed by atoms with Crippen LogP contribution in [0.15, 0.2) is 18.9 Å². The van der Waals surface area contributed by atoms with Crippen LogP contribution in [0.5, 0.6) is 5.88 Å². The highest BCUT2D eigenvalue weighted by atomic mass is 16.6. The number of rotatable bonds is 5. The van der Waals surface area contributed by atoms with Gasteiger partial charge in [-0.1, -0.05) is 12.7 Å². The Morgan fingerprint density at radius 1 is 1.80 bits per heavy atom. The Kier molecular flexibility index (Phi) is 3.55. The molecule has 1 aromatic heterocycles. The molecule has 15 heavy (non-hydrogen) atoms. The van der Waals surface area contributed by atoms with Crippen LogP contribution in [0.2, 0.25) is 0 Å². The fourth-order valence-corrected chi connectivity index (χ4v) is 0.850. The van der Waals surface area contributed by atoms with Crippen molar-refractivity contribution >= 4 is 11.6 Å². The maximum Gasteiger partial charge on any atom is 0.349 e. The van der Waals surface area contributed by atoms with Crippen molar-refractivity contribution in [3.8, 4) is 5.88 Å². The Balaban J connectivity index is 3.04. The number of hydrogen-bond acceptors (Lipinski definition) is 6. The molecule has 1 heterocycles. The minimum absolute atomic E-state index is 0.0701. The molecule has 0 unspecified atom stereocenters. The van der Waals surface area contributed by atoms with Crippen molar-refractivity contribution in [3.05, 3.63) is 29.0 Å². The van der Waals surface area contributed by atoms with Gasteiger partial charge in [0.1, 0.15) is 12.8 Å². The van der Waals surface area contributed by atoms with E-state index < -0.39 is 4.92 Å². The highest BCUT2D eigenvalue weighted by Crippen LogP contribution is 2.23. The summed E-state index contributed by atoms with van der Waals surface area (Å²) in [6, 6.07) is 0. The number of nitrogens with one attached hydrogen (secondary N) is 1. The number of anilines is 1. The minimum Gasteiger partial charge on any atom is -0.468 e. The van der Waals surface area contributed by atoms with Crippen molar-refractivity contribution in [2.75, 3.05) is 19.0 Å². The van der Waals surface area contributed by atoms with Crippen LogP contribution in [0.25, 0.3) is 0 Å². The van der Waals surface area contributed by atoms with Crippen LogP contribution in [-0.2, 0) is 0 Å². The van der Waals surface area contributed by atoms with E-state index in [0.717, 1.165) is 6.20 Å². The maximum absolute atomic E-state index is 10.6. The molecule has 0 aliphatic carbocycles. The number of ether oxygens (including phenoxy) is 1. The van der Waals surface area contributed by atoms with Crippen molar-refractivity contribution < 1.29 is 9.66 Å². The van der Waals surface area contributed by atoms with Crippen molar-refractivity contribution in [1.82, 2.24) is 9.97 Å². The summed E-state index contributed by atoms with van der Waals surface area (Å²) in [6.45, 7) is 3.59. The van der Waals surface area contributed by atoms with Crippen LogP contribution < -0.4 is 10.1 Å². The van der Waals surface area contributed by atoms with Gasteiger partial charge in [-0.25, -0.2) is 4.98 Å². The molecule has 80 valence electrons. The molecular formula is C8H10N4O3. The SMILES string of the molecule is C=CCOc1nc(NC)ncc1[N+](=O)[O-]. The van der Waals surface area contributed by atoms with Crippen LogP contribution >= 0.6 is 0 Å². The second-order valence-electron chi connectivity index (χ2n) is 2.49. The molecule has 1 aromatic rings. The average Bonchev–Trinajstić information content (AvgIpc) is 2.25. The Hall–Kier alpha value is -2.18. The summed E-state index contributed by atoms with van der Waals surface area (Å²) in [5, 5.41) is 13.2. The molecule has 0 amide bonds. The Labute approximate surface area is 86.0 Å². The normalized spacial score (nSPS) is 9.40. The lowest BCUT2D eigenvalue weighted by atomic mass is 10.5. The van der Waals surface area contributed by atoms with Gasteiger partial charge in [-0.05, 0) is 0 Å². The van der Waals surface area contributed by atoms with Gasteiger partial charge < -0.3 is 10.1 Å². The Morgan fingerprint density at radius 2 is 2.53 bits per heavy atom. The predicted octanol–water partition coefficient (Wildman–Crippen LogP) is 0.991. The molecule has 0 aliphatic heterocycles. The van der Waals surface area contributed by atoms with Gasteiger partial charge in [0.05, 0.1) is 4.92 Å². The average molecular weight is 210 g/mol. The van der Waals surface area contributed by atoms with E-state index in [9.17, 15) is 10.1 Å². The summed E-state index contributed by atoms with van der Waals surface area (Å²) in [7, 11) is 1.61. The van der Waals surface area contributed by atoms with E-state index in [1.807, 2.05) is 0 Å². The monoisotopic (exact) mass is 210 g/mol. The highest BCUT2D eigenvalue weighted by Gasteiger charge is 2.18. The fourth-order valence-electron chi connectivity index (χ4n) is 0.850. The van der Waals surface area contributed by atoms with Crippen LogP contribution in [0.3, 0.4) is 0 Å². The van der Waals surface area contributed by atoms with E-state index in [1.54, 1.807) is 7.05 Å². The van der Waals surface area contributed by atoms with Crippen LogP contribution in [0.4, 0.5) is 11.6 Å². The summed E-state index contributed by atoms with van der Waals surface area (Å²) in [5.74, 6) is 0.193. The van der Waals surface area contributed by atoms with Crippen molar-refractivity contribution in [3.63, 3.8) is 0 Å². The zero-order chi connectivity index (χ0) is 11.3. The first-order valence-corrected chi connectivity index (χ1v) is 4.12. The molecule has 0 saturated carbocycles. The number of nitrogens with zero attached hydrogens (tertiary/aromatic N) is 3. The zero-order valence-corrected chi connectivity index (χ0v) is 8.14. The van der Waals surface area contributed by atoms with Gasteiger partial charge in [-0.2, -0.15) is 4.98 Å². The molecule has 0 atom stereocenters. The molecule has 7 heteroatoms. The third-order valence-electron chi connectivity index (χ3n) is 1.49. The molecule has 0 bridgehead atoms. The molecule has 0 aliphatic rings. The largest absolute Gasteiger partial charge is 0.468 e. The van der Waals surface area contributed by atoms with Crippen molar-refractivity contribution in [2.45, 2.75) is 0 Å². The van der Waals surface area contributed by atoms with Gasteiger partial charge in [-0.15, -0.1) is 0 Å². The second kappa shape index (κ2) is 4.89. The second-order valence-corrected chi connectivity index (χ2v) is 2.49. The smallest absolute Gasteiger partial charge is 0.349 e. The molecule has 0 radical (unpaired) electrons. The van der Waals surface area contributed by atoms with Gasteiger partial charge in [0.2, 0.25) is 5.95 Å². The van der Waals surface area contributed by atoms with E-state index in [4.69, 9.17) is 4.74 Å². The fraction of sp³-hybridized carbons (Fsp3) is 0.250. The first-order valence-electron chi connectivity index (χ1n) is 4.12. The van der Waals surface area contributed by atoms with Crippen LogP contribution in [0.1, 0.15) is 0 Å². The van der Waals surface area contributed by atoms with Crippen molar-refractivity contribution in [1.29, 1.82) is 0 Å². The van der Waals surface area contributed by atoms with Crippen LogP contribution in [0, 0.1) is 10.1 Å². The summed E-state index contributed by atoms with van der Waals surface area (Å²) in [5.41, 5.74) is -0.268. The summed E-state index contributed by atoms with van der Waals surface area (Å²) in [4.78, 5) is 17.5. The highest BCUT2D eigenvalue weighted by molar-refractivity contribution is 5.42. The van der Waals surface area contributed by atoms with E-state index in [0.29, 0.717) is 0 Å². The predicted molar refractivity (Wildman–Crippen MR) is 53.9 cm³/mol. The lowest BCUT2D eigenvalue weighted by molar-refractivity contribution is -0.386. The maximum atomic E-state index is 10.6. The molecular weight excluding hydrogens is 200 g/mol. The first-order chi connectivity index (χ1) is 7.19. The molecule has 1 rings (SSSR count). The summed E-state index contributed by atoms with van der Waals surface area (Å²) >= 11 is 0. The molecule has 0 aromatic carbocycles. The minimum atomic E-state index is -0.599. The van der Waals surface area contributed by atoms with E-state index in [1.165, 1.54) is 6.08 Å². The van der Waals surface area contributed by atoms with E-state index >= 15 is 0 Å². The van der Waals surface area contributed by atoms with Gasteiger partial charge in [0.15, 0.2) is 0 Å². The van der Waals surface area contributed by atoms with E-state index in [2.05, 4.69) is 21.9 Å². The van der Waals surface area contributed by atoms with Crippen molar-refractivity contribution in [2.24, 2.45) is 0 Å². The topological polar surface area (TPSA) is 90.2 Å². The molecule has 7 nitrogen and oxygen atoms in total. The summed E-state index contributed by atoms with van der Waals surface area (Å²) < 4.78 is 5.04. The Bertz CT molecular complexity index is 380. The summed E-state index contributed by atoms with van der Waals surface area (Å²) in [6.07, 6.45) is 2.57. The van der Waals surface area contributed by atoms with Gasteiger partial charge >= 0.3 is 5.69 Å². The van der Waals surface area contributed by atoms with Gasteiger partial charge in [0, 0.05) is 7.05 Å². The van der Waals surface area contributed by atoms with Crippen LogP contribution in [-0.4, -0.2) is 28.5 Å².